The highest BCUT2D eigenvalue weighted by Gasteiger charge is 2.17. The van der Waals surface area contributed by atoms with Gasteiger partial charge in [-0.25, -0.2) is 0 Å². The number of carbonyl (C=O) groups excluding carboxylic acids is 1. The van der Waals surface area contributed by atoms with Crippen molar-refractivity contribution in [3.8, 4) is 17.2 Å². The molecule has 0 aliphatic carbocycles. The predicted octanol–water partition coefficient (Wildman–Crippen LogP) is 4.65. The van der Waals surface area contributed by atoms with Gasteiger partial charge >= 0.3 is 0 Å². The summed E-state index contributed by atoms with van der Waals surface area (Å²) in [6.45, 7) is 2.25. The Morgan fingerprint density at radius 1 is 1.17 bits per heavy atom. The SMILES string of the molecule is COc1ccc2c(c1)Oc1ccccc1N(C(C)=O)CCC/C=C/2. The van der Waals surface area contributed by atoms with Crippen LogP contribution in [0.2, 0.25) is 0 Å². The lowest BCUT2D eigenvalue weighted by atomic mass is 10.1. The molecule has 4 heteroatoms. The van der Waals surface area contributed by atoms with Gasteiger partial charge in [0.1, 0.15) is 11.5 Å². The van der Waals surface area contributed by atoms with Crippen LogP contribution in [0, 0.1) is 0 Å². The van der Waals surface area contributed by atoms with Crippen LogP contribution in [0.15, 0.2) is 48.5 Å². The molecule has 124 valence electrons. The van der Waals surface area contributed by atoms with Crippen LogP contribution in [0.3, 0.4) is 0 Å². The van der Waals surface area contributed by atoms with Gasteiger partial charge in [0.25, 0.3) is 0 Å². The molecular formula is C20H21NO3. The van der Waals surface area contributed by atoms with E-state index in [0.29, 0.717) is 18.0 Å². The van der Waals surface area contributed by atoms with Gasteiger partial charge in [0.15, 0.2) is 5.75 Å². The Morgan fingerprint density at radius 3 is 2.79 bits per heavy atom. The molecule has 0 saturated heterocycles. The monoisotopic (exact) mass is 323 g/mol. The molecular weight excluding hydrogens is 302 g/mol. The summed E-state index contributed by atoms with van der Waals surface area (Å²) in [5.41, 5.74) is 1.78. The number of carbonyl (C=O) groups is 1. The number of nitrogens with zero attached hydrogens (tertiary/aromatic N) is 1. The maximum atomic E-state index is 12.1. The third-order valence-corrected chi connectivity index (χ3v) is 4.03. The fraction of sp³-hybridized carbons (Fsp3) is 0.250. The van der Waals surface area contributed by atoms with Crippen molar-refractivity contribution in [1.29, 1.82) is 0 Å². The maximum Gasteiger partial charge on any atom is 0.223 e. The van der Waals surface area contributed by atoms with E-state index in [1.807, 2.05) is 42.5 Å². The Hall–Kier alpha value is -2.75. The molecule has 0 saturated carbocycles. The summed E-state index contributed by atoms with van der Waals surface area (Å²) >= 11 is 0. The van der Waals surface area contributed by atoms with Crippen LogP contribution in [-0.2, 0) is 4.79 Å². The van der Waals surface area contributed by atoms with Crippen molar-refractivity contribution < 1.29 is 14.3 Å². The van der Waals surface area contributed by atoms with Gasteiger partial charge in [-0.15, -0.1) is 0 Å². The first kappa shape index (κ1) is 16.1. The van der Waals surface area contributed by atoms with Crippen molar-refractivity contribution >= 4 is 17.7 Å². The molecule has 0 atom stereocenters. The second-order valence-electron chi connectivity index (χ2n) is 5.69. The number of rotatable bonds is 1. The van der Waals surface area contributed by atoms with E-state index in [4.69, 9.17) is 9.47 Å². The van der Waals surface area contributed by atoms with Crippen molar-refractivity contribution in [2.45, 2.75) is 19.8 Å². The van der Waals surface area contributed by atoms with E-state index in [1.165, 1.54) is 0 Å². The number of fused-ring (bicyclic) bond motifs is 2. The van der Waals surface area contributed by atoms with Crippen LogP contribution < -0.4 is 14.4 Å². The van der Waals surface area contributed by atoms with Gasteiger partial charge in [-0.3, -0.25) is 4.79 Å². The zero-order chi connectivity index (χ0) is 16.9. The summed E-state index contributed by atoms with van der Waals surface area (Å²) in [6, 6.07) is 13.4. The van der Waals surface area contributed by atoms with E-state index >= 15 is 0 Å². The summed E-state index contributed by atoms with van der Waals surface area (Å²) in [7, 11) is 1.63. The maximum absolute atomic E-state index is 12.1. The van der Waals surface area contributed by atoms with Crippen LogP contribution in [-0.4, -0.2) is 19.6 Å². The second kappa shape index (κ2) is 7.21. The lowest BCUT2D eigenvalue weighted by molar-refractivity contribution is -0.116. The van der Waals surface area contributed by atoms with Gasteiger partial charge in [-0.2, -0.15) is 0 Å². The average molecular weight is 323 g/mol. The Morgan fingerprint density at radius 2 is 2.00 bits per heavy atom. The van der Waals surface area contributed by atoms with Gasteiger partial charge < -0.3 is 14.4 Å². The largest absolute Gasteiger partial charge is 0.497 e. The van der Waals surface area contributed by atoms with E-state index in [0.717, 1.165) is 29.8 Å². The standard InChI is InChI=1S/C20H21NO3/c1-15(22)21-13-7-3-4-8-16-11-12-17(23-2)14-20(16)24-19-10-6-5-9-18(19)21/h4-6,8-12,14H,3,7,13H2,1-2H3/b8-4+. The zero-order valence-electron chi connectivity index (χ0n) is 14.0. The van der Waals surface area contributed by atoms with E-state index < -0.39 is 0 Å². The highest BCUT2D eigenvalue weighted by Crippen LogP contribution is 2.36. The number of benzene rings is 2. The first-order chi connectivity index (χ1) is 11.7. The van der Waals surface area contributed by atoms with E-state index in [2.05, 4.69) is 12.2 Å². The fourth-order valence-electron chi connectivity index (χ4n) is 2.78. The number of ether oxygens (including phenoxy) is 2. The third-order valence-electron chi connectivity index (χ3n) is 4.03. The number of methoxy groups -OCH3 is 1. The van der Waals surface area contributed by atoms with Gasteiger partial charge in [0.05, 0.1) is 12.8 Å². The third kappa shape index (κ3) is 3.43. The molecule has 0 bridgehead atoms. The minimum atomic E-state index is 0.0140. The van der Waals surface area contributed by atoms with Crippen LogP contribution in [0.25, 0.3) is 6.08 Å². The molecule has 0 unspecified atom stereocenters. The number of para-hydroxylation sites is 2. The molecule has 1 aliphatic rings. The highest BCUT2D eigenvalue weighted by atomic mass is 16.5. The normalized spacial score (nSPS) is 15.3. The summed E-state index contributed by atoms with van der Waals surface area (Å²) < 4.78 is 11.5. The van der Waals surface area contributed by atoms with Crippen molar-refractivity contribution in [2.24, 2.45) is 0 Å². The van der Waals surface area contributed by atoms with Gasteiger partial charge in [0.2, 0.25) is 5.91 Å². The summed E-state index contributed by atoms with van der Waals surface area (Å²) in [5.74, 6) is 2.12. The van der Waals surface area contributed by atoms with Crippen molar-refractivity contribution in [3.63, 3.8) is 0 Å². The molecule has 4 nitrogen and oxygen atoms in total. The predicted molar refractivity (Wildman–Crippen MR) is 95.8 cm³/mol. The zero-order valence-corrected chi connectivity index (χ0v) is 14.0. The Kier molecular flexibility index (Phi) is 4.85. The lowest BCUT2D eigenvalue weighted by Gasteiger charge is -2.23. The van der Waals surface area contributed by atoms with E-state index in [-0.39, 0.29) is 5.91 Å². The van der Waals surface area contributed by atoms with Crippen molar-refractivity contribution in [1.82, 2.24) is 0 Å². The fourth-order valence-corrected chi connectivity index (χ4v) is 2.78. The molecule has 0 aromatic heterocycles. The summed E-state index contributed by atoms with van der Waals surface area (Å²) in [5, 5.41) is 0. The smallest absolute Gasteiger partial charge is 0.223 e. The number of hydrogen-bond acceptors (Lipinski definition) is 3. The van der Waals surface area contributed by atoms with E-state index in [1.54, 1.807) is 18.9 Å². The molecule has 0 radical (unpaired) electrons. The Bertz CT molecular complexity index is 767. The first-order valence-corrected chi connectivity index (χ1v) is 8.08. The summed E-state index contributed by atoms with van der Waals surface area (Å²) in [6.07, 6.45) is 5.97. The first-order valence-electron chi connectivity index (χ1n) is 8.08. The average Bonchev–Trinajstić information content (AvgIpc) is 2.62. The molecule has 24 heavy (non-hydrogen) atoms. The van der Waals surface area contributed by atoms with Crippen LogP contribution in [0.4, 0.5) is 5.69 Å². The number of amides is 1. The van der Waals surface area contributed by atoms with E-state index in [9.17, 15) is 4.79 Å². The minimum absolute atomic E-state index is 0.0140. The molecule has 3 rings (SSSR count). The molecule has 2 aromatic rings. The second-order valence-corrected chi connectivity index (χ2v) is 5.69. The van der Waals surface area contributed by atoms with Gasteiger partial charge in [0, 0.05) is 25.1 Å². The van der Waals surface area contributed by atoms with Crippen LogP contribution in [0.1, 0.15) is 25.3 Å². The Balaban J connectivity index is 2.10. The van der Waals surface area contributed by atoms with Gasteiger partial charge in [-0.1, -0.05) is 24.3 Å². The summed E-state index contributed by atoms with van der Waals surface area (Å²) in [4.78, 5) is 13.9. The molecule has 0 fully saturated rings. The number of allylic oxidation sites excluding steroid dienone is 1. The quantitative estimate of drug-likeness (QED) is 0.767. The van der Waals surface area contributed by atoms with Crippen molar-refractivity contribution in [2.75, 3.05) is 18.6 Å². The number of hydrogen-bond donors (Lipinski definition) is 0. The van der Waals surface area contributed by atoms with Crippen LogP contribution >= 0.6 is 0 Å². The molecule has 2 aromatic carbocycles. The number of anilines is 1. The molecule has 1 heterocycles. The van der Waals surface area contributed by atoms with Crippen LogP contribution in [0.5, 0.6) is 17.2 Å². The topological polar surface area (TPSA) is 38.8 Å². The lowest BCUT2D eigenvalue weighted by Crippen LogP contribution is -2.29. The molecule has 1 amide bonds. The Labute approximate surface area is 142 Å². The molecule has 0 N–H and O–H groups in total. The van der Waals surface area contributed by atoms with Crippen molar-refractivity contribution in [3.05, 3.63) is 54.1 Å². The van der Waals surface area contributed by atoms with Gasteiger partial charge in [-0.05, 0) is 37.1 Å². The minimum Gasteiger partial charge on any atom is -0.497 e. The highest BCUT2D eigenvalue weighted by molar-refractivity contribution is 5.93. The molecule has 0 spiro atoms. The molecule has 1 aliphatic heterocycles.